The molecule has 1 unspecified atom stereocenters. The molecule has 0 amide bonds. The summed E-state index contributed by atoms with van der Waals surface area (Å²) in [4.78, 5) is 12.9. The highest BCUT2D eigenvalue weighted by molar-refractivity contribution is 5.81. The smallest absolute Gasteiger partial charge is 0.319 e. The van der Waals surface area contributed by atoms with E-state index in [4.69, 9.17) is 4.74 Å². The monoisotopic (exact) mass is 332 g/mol. The van der Waals surface area contributed by atoms with Gasteiger partial charge in [0.25, 0.3) is 0 Å². The highest BCUT2D eigenvalue weighted by Gasteiger charge is 2.38. The van der Waals surface area contributed by atoms with E-state index in [0.29, 0.717) is 29.6 Å². The van der Waals surface area contributed by atoms with Crippen molar-refractivity contribution in [1.82, 2.24) is 0 Å². The standard InChI is InChI=1S/C22H36O2/c1-7-17(5)18-10-12-22(6,13-11-18)21(23)24-20-14-16(4)8-9-19(20)15(2)3/h10-13,15-20H,7-9,14H2,1-6H3/t16-,17?,18?,19+,20-,22?/m1/s1. The zero-order valence-corrected chi connectivity index (χ0v) is 16.4. The summed E-state index contributed by atoms with van der Waals surface area (Å²) in [5, 5.41) is 0. The molecule has 0 aliphatic heterocycles. The lowest BCUT2D eigenvalue weighted by Crippen LogP contribution is -2.39. The normalized spacial score (nSPS) is 37.5. The molecule has 0 bridgehead atoms. The summed E-state index contributed by atoms with van der Waals surface area (Å²) in [6, 6.07) is 0. The van der Waals surface area contributed by atoms with Gasteiger partial charge in [-0.2, -0.15) is 0 Å². The van der Waals surface area contributed by atoms with E-state index in [1.54, 1.807) is 0 Å². The molecular formula is C22H36O2. The molecule has 0 N–H and O–H groups in total. The lowest BCUT2D eigenvalue weighted by Gasteiger charge is -2.38. The average molecular weight is 333 g/mol. The van der Waals surface area contributed by atoms with Crippen LogP contribution in [0.3, 0.4) is 0 Å². The Labute approximate surface area is 148 Å². The molecule has 2 rings (SSSR count). The molecule has 2 aliphatic carbocycles. The Kier molecular flexibility index (Phi) is 6.33. The Morgan fingerprint density at radius 1 is 1.21 bits per heavy atom. The van der Waals surface area contributed by atoms with Crippen molar-refractivity contribution in [3.63, 3.8) is 0 Å². The number of hydrogen-bond donors (Lipinski definition) is 0. The molecule has 1 fully saturated rings. The molecule has 24 heavy (non-hydrogen) atoms. The summed E-state index contributed by atoms with van der Waals surface area (Å²) in [5.41, 5.74) is -0.605. The molecule has 0 aromatic rings. The van der Waals surface area contributed by atoms with E-state index in [2.05, 4.69) is 58.9 Å². The summed E-state index contributed by atoms with van der Waals surface area (Å²) < 4.78 is 6.06. The second-order valence-electron chi connectivity index (χ2n) is 8.73. The summed E-state index contributed by atoms with van der Waals surface area (Å²) >= 11 is 0. The van der Waals surface area contributed by atoms with E-state index < -0.39 is 5.41 Å². The molecule has 1 saturated carbocycles. The van der Waals surface area contributed by atoms with Gasteiger partial charge >= 0.3 is 5.97 Å². The van der Waals surface area contributed by atoms with Crippen LogP contribution >= 0.6 is 0 Å². The van der Waals surface area contributed by atoms with Crippen LogP contribution in [-0.4, -0.2) is 12.1 Å². The zero-order valence-electron chi connectivity index (χ0n) is 16.4. The van der Waals surface area contributed by atoms with E-state index in [9.17, 15) is 4.79 Å². The van der Waals surface area contributed by atoms with Crippen molar-refractivity contribution in [1.29, 1.82) is 0 Å². The molecule has 136 valence electrons. The highest BCUT2D eigenvalue weighted by Crippen LogP contribution is 2.38. The summed E-state index contributed by atoms with van der Waals surface area (Å²) in [6.45, 7) is 13.2. The van der Waals surface area contributed by atoms with Crippen LogP contribution in [-0.2, 0) is 9.53 Å². The van der Waals surface area contributed by atoms with Crippen LogP contribution in [0.5, 0.6) is 0 Å². The number of hydrogen-bond acceptors (Lipinski definition) is 2. The molecule has 0 heterocycles. The van der Waals surface area contributed by atoms with Gasteiger partial charge in [-0.3, -0.25) is 4.79 Å². The Balaban J connectivity index is 2.04. The molecule has 0 radical (unpaired) electrons. The molecule has 2 nitrogen and oxygen atoms in total. The fourth-order valence-corrected chi connectivity index (χ4v) is 4.04. The minimum atomic E-state index is -0.605. The molecule has 2 aliphatic rings. The summed E-state index contributed by atoms with van der Waals surface area (Å²) in [5.74, 6) is 2.69. The SMILES string of the molecule is CCC(C)C1C=CC(C)(C(=O)O[C@@H]2C[C@H](C)CC[C@H]2C(C)C)C=C1. The van der Waals surface area contributed by atoms with Crippen LogP contribution < -0.4 is 0 Å². The lowest BCUT2D eigenvalue weighted by atomic mass is 9.75. The van der Waals surface area contributed by atoms with Crippen LogP contribution in [0.4, 0.5) is 0 Å². The zero-order chi connectivity index (χ0) is 17.9. The van der Waals surface area contributed by atoms with Gasteiger partial charge in [0, 0.05) is 0 Å². The second kappa shape index (κ2) is 7.89. The van der Waals surface area contributed by atoms with Crippen molar-refractivity contribution in [2.45, 2.75) is 73.3 Å². The lowest BCUT2D eigenvalue weighted by molar-refractivity contribution is -0.162. The van der Waals surface area contributed by atoms with Crippen molar-refractivity contribution in [3.8, 4) is 0 Å². The predicted molar refractivity (Wildman–Crippen MR) is 101 cm³/mol. The predicted octanol–water partition coefficient (Wildman–Crippen LogP) is 5.79. The Morgan fingerprint density at radius 2 is 1.83 bits per heavy atom. The molecule has 2 heteroatoms. The fraction of sp³-hybridized carbons (Fsp3) is 0.773. The number of carbonyl (C=O) groups excluding carboxylic acids is 1. The summed E-state index contributed by atoms with van der Waals surface area (Å²) in [6.07, 6.45) is 13.2. The third-order valence-electron chi connectivity index (χ3n) is 6.29. The number of allylic oxidation sites excluding steroid dienone is 2. The van der Waals surface area contributed by atoms with Gasteiger partial charge in [-0.05, 0) is 49.4 Å². The molecule has 0 saturated heterocycles. The van der Waals surface area contributed by atoms with Gasteiger partial charge in [0.15, 0.2) is 0 Å². The van der Waals surface area contributed by atoms with Crippen LogP contribution in [0.25, 0.3) is 0 Å². The average Bonchev–Trinajstić information content (AvgIpc) is 2.54. The van der Waals surface area contributed by atoms with Gasteiger partial charge in [-0.25, -0.2) is 0 Å². The molecule has 4 atom stereocenters. The van der Waals surface area contributed by atoms with Crippen molar-refractivity contribution in [2.24, 2.45) is 35.0 Å². The van der Waals surface area contributed by atoms with E-state index in [1.807, 2.05) is 6.92 Å². The number of ether oxygens (including phenoxy) is 1. The number of rotatable bonds is 5. The Hall–Kier alpha value is -1.05. The first kappa shape index (κ1) is 19.3. The number of carbonyl (C=O) groups is 1. The quantitative estimate of drug-likeness (QED) is 0.471. The first-order valence-electron chi connectivity index (χ1n) is 9.86. The van der Waals surface area contributed by atoms with Crippen LogP contribution in [0, 0.1) is 35.0 Å². The van der Waals surface area contributed by atoms with E-state index >= 15 is 0 Å². The van der Waals surface area contributed by atoms with Gasteiger partial charge in [-0.15, -0.1) is 0 Å². The first-order valence-corrected chi connectivity index (χ1v) is 9.86. The Morgan fingerprint density at radius 3 is 2.38 bits per heavy atom. The van der Waals surface area contributed by atoms with Crippen molar-refractivity contribution < 1.29 is 9.53 Å². The van der Waals surface area contributed by atoms with Crippen molar-refractivity contribution >= 4 is 5.97 Å². The molecule has 0 aromatic heterocycles. The van der Waals surface area contributed by atoms with Crippen LogP contribution in [0.1, 0.15) is 67.2 Å². The van der Waals surface area contributed by atoms with Gasteiger partial charge in [-0.1, -0.05) is 71.8 Å². The Bertz CT molecular complexity index is 474. The maximum absolute atomic E-state index is 12.9. The molecular weight excluding hydrogens is 296 g/mol. The minimum Gasteiger partial charge on any atom is -0.461 e. The topological polar surface area (TPSA) is 26.3 Å². The second-order valence-corrected chi connectivity index (χ2v) is 8.73. The summed E-state index contributed by atoms with van der Waals surface area (Å²) in [7, 11) is 0. The van der Waals surface area contributed by atoms with Gasteiger partial charge in [0.2, 0.25) is 0 Å². The number of esters is 1. The molecule has 0 spiro atoms. The third-order valence-corrected chi connectivity index (χ3v) is 6.29. The van der Waals surface area contributed by atoms with Gasteiger partial charge in [0.05, 0.1) is 0 Å². The van der Waals surface area contributed by atoms with Gasteiger partial charge < -0.3 is 4.74 Å². The minimum absolute atomic E-state index is 0.0761. The largest absolute Gasteiger partial charge is 0.461 e. The van der Waals surface area contributed by atoms with Crippen LogP contribution in [0.15, 0.2) is 24.3 Å². The van der Waals surface area contributed by atoms with E-state index in [-0.39, 0.29) is 12.1 Å². The first-order chi connectivity index (χ1) is 11.3. The van der Waals surface area contributed by atoms with E-state index in [0.717, 1.165) is 12.8 Å². The van der Waals surface area contributed by atoms with Crippen LogP contribution in [0.2, 0.25) is 0 Å². The van der Waals surface area contributed by atoms with Crippen molar-refractivity contribution in [2.75, 3.05) is 0 Å². The van der Waals surface area contributed by atoms with E-state index in [1.165, 1.54) is 12.8 Å². The highest BCUT2D eigenvalue weighted by atomic mass is 16.5. The van der Waals surface area contributed by atoms with Crippen molar-refractivity contribution in [3.05, 3.63) is 24.3 Å². The third kappa shape index (κ3) is 4.32. The molecule has 0 aromatic carbocycles. The fourth-order valence-electron chi connectivity index (χ4n) is 4.04. The maximum atomic E-state index is 12.9. The van der Waals surface area contributed by atoms with Gasteiger partial charge in [0.1, 0.15) is 11.5 Å². The maximum Gasteiger partial charge on any atom is 0.319 e.